The highest BCUT2D eigenvalue weighted by Gasteiger charge is 2.17. The van der Waals surface area contributed by atoms with Crippen molar-refractivity contribution in [2.75, 3.05) is 21.9 Å². The summed E-state index contributed by atoms with van der Waals surface area (Å²) in [6.45, 7) is 3.58. The van der Waals surface area contributed by atoms with Crippen molar-refractivity contribution in [3.63, 3.8) is 0 Å². The van der Waals surface area contributed by atoms with Crippen molar-refractivity contribution in [1.29, 1.82) is 0 Å². The number of nitrogens with zero attached hydrogens (tertiary/aromatic N) is 3. The fourth-order valence-corrected chi connectivity index (χ4v) is 4.70. The minimum absolute atomic E-state index is 0.0918. The Kier molecular flexibility index (Phi) is 5.86. The second-order valence-electron chi connectivity index (χ2n) is 7.68. The molecule has 0 saturated heterocycles. The van der Waals surface area contributed by atoms with Crippen LogP contribution >= 0.6 is 0 Å². The van der Waals surface area contributed by atoms with E-state index in [1.807, 2.05) is 6.92 Å². The predicted molar refractivity (Wildman–Crippen MR) is 129 cm³/mol. The summed E-state index contributed by atoms with van der Waals surface area (Å²) in [5.74, 6) is 0.263. The number of benzene rings is 2. The Morgan fingerprint density at radius 1 is 1.06 bits per heavy atom. The zero-order chi connectivity index (χ0) is 23.8. The van der Waals surface area contributed by atoms with Crippen LogP contribution in [0.15, 0.2) is 48.7 Å². The van der Waals surface area contributed by atoms with Gasteiger partial charge in [0.2, 0.25) is 10.0 Å². The molecule has 10 heteroatoms. The van der Waals surface area contributed by atoms with Gasteiger partial charge in [0.15, 0.2) is 11.6 Å². The Bertz CT molecular complexity index is 1460. The number of hydrogen-bond donors (Lipinski definition) is 3. The Labute approximate surface area is 191 Å². The number of anilines is 3. The van der Waals surface area contributed by atoms with Gasteiger partial charge in [0.1, 0.15) is 11.6 Å². The van der Waals surface area contributed by atoms with Crippen LogP contribution in [-0.2, 0) is 10.0 Å². The zero-order valence-corrected chi connectivity index (χ0v) is 18.9. The van der Waals surface area contributed by atoms with Gasteiger partial charge >= 0.3 is 0 Å². The van der Waals surface area contributed by atoms with Crippen molar-refractivity contribution >= 4 is 38.2 Å². The molecular formula is C23H23FN6O2S. The molecule has 0 bridgehead atoms. The van der Waals surface area contributed by atoms with Crippen molar-refractivity contribution in [1.82, 2.24) is 15.0 Å². The number of sulfonamides is 1. The van der Waals surface area contributed by atoms with E-state index in [1.54, 1.807) is 49.5 Å². The minimum Gasteiger partial charge on any atom is -0.384 e. The third kappa shape index (κ3) is 4.56. The first-order valence-corrected chi connectivity index (χ1v) is 11.9. The molecule has 0 atom stereocenters. The van der Waals surface area contributed by atoms with Gasteiger partial charge in [0.05, 0.1) is 17.0 Å². The standard InChI is InChI=1S/C23H23FN6O2S/c1-3-9-33(31,32)30-18-6-4-5-16(20(18)24)15-10-13(2)21-17(11-15)22(26)29-23(28-21)14-7-8-19(25)27-12-14/h4-8,10-12,30H,3,9H2,1-2H3,(H2,25,27)(H2,26,28,29). The van der Waals surface area contributed by atoms with E-state index < -0.39 is 15.8 Å². The number of nitrogen functional groups attached to an aromatic ring is 2. The Balaban J connectivity index is 1.80. The number of nitrogens with two attached hydrogens (primary N) is 2. The van der Waals surface area contributed by atoms with Gasteiger partial charge in [-0.15, -0.1) is 0 Å². The number of fused-ring (bicyclic) bond motifs is 1. The molecule has 0 spiro atoms. The van der Waals surface area contributed by atoms with Crippen molar-refractivity contribution in [3.8, 4) is 22.5 Å². The van der Waals surface area contributed by atoms with Gasteiger partial charge in [-0.25, -0.2) is 27.8 Å². The molecule has 4 aromatic rings. The van der Waals surface area contributed by atoms with Crippen molar-refractivity contribution in [2.24, 2.45) is 0 Å². The summed E-state index contributed by atoms with van der Waals surface area (Å²) in [5, 5.41) is 0.563. The van der Waals surface area contributed by atoms with Gasteiger partial charge in [0.25, 0.3) is 0 Å². The van der Waals surface area contributed by atoms with E-state index in [-0.39, 0.29) is 22.8 Å². The van der Waals surface area contributed by atoms with E-state index in [2.05, 4.69) is 19.7 Å². The summed E-state index contributed by atoms with van der Waals surface area (Å²) in [7, 11) is -3.63. The lowest BCUT2D eigenvalue weighted by Crippen LogP contribution is -2.17. The number of aromatic nitrogens is 3. The summed E-state index contributed by atoms with van der Waals surface area (Å²) in [6, 6.07) is 11.5. The Hall–Kier alpha value is -3.79. The third-order valence-electron chi connectivity index (χ3n) is 5.11. The Morgan fingerprint density at radius 2 is 1.85 bits per heavy atom. The second kappa shape index (κ2) is 8.62. The van der Waals surface area contributed by atoms with Crippen LogP contribution < -0.4 is 16.2 Å². The monoisotopic (exact) mass is 466 g/mol. The number of halogens is 1. The first-order valence-electron chi connectivity index (χ1n) is 10.3. The molecule has 33 heavy (non-hydrogen) atoms. The molecule has 4 rings (SSSR count). The molecule has 0 radical (unpaired) electrons. The van der Waals surface area contributed by atoms with E-state index in [9.17, 15) is 8.42 Å². The number of aryl methyl sites for hydroxylation is 1. The van der Waals surface area contributed by atoms with Crippen LogP contribution in [0, 0.1) is 12.7 Å². The second-order valence-corrected chi connectivity index (χ2v) is 9.52. The highest BCUT2D eigenvalue weighted by Crippen LogP contribution is 2.34. The minimum atomic E-state index is -3.63. The maximum atomic E-state index is 15.3. The van der Waals surface area contributed by atoms with Crippen molar-refractivity contribution < 1.29 is 12.8 Å². The molecule has 0 fully saturated rings. The average Bonchev–Trinajstić information content (AvgIpc) is 2.76. The van der Waals surface area contributed by atoms with Crippen LogP contribution in [0.4, 0.5) is 21.7 Å². The summed E-state index contributed by atoms with van der Waals surface area (Å²) in [4.78, 5) is 13.1. The van der Waals surface area contributed by atoms with Gasteiger partial charge < -0.3 is 11.5 Å². The van der Waals surface area contributed by atoms with E-state index >= 15 is 4.39 Å². The van der Waals surface area contributed by atoms with Crippen molar-refractivity contribution in [2.45, 2.75) is 20.3 Å². The first kappa shape index (κ1) is 22.4. The summed E-state index contributed by atoms with van der Waals surface area (Å²) in [6.07, 6.45) is 1.99. The number of nitrogens with one attached hydrogen (secondary N) is 1. The predicted octanol–water partition coefficient (Wildman–Crippen LogP) is 4.12. The molecule has 0 amide bonds. The van der Waals surface area contributed by atoms with E-state index in [1.165, 1.54) is 6.07 Å². The SMILES string of the molecule is CCCS(=O)(=O)Nc1cccc(-c2cc(C)c3nc(-c4ccc(N)nc4)nc(N)c3c2)c1F. The zero-order valence-electron chi connectivity index (χ0n) is 18.1. The molecule has 0 saturated carbocycles. The van der Waals surface area contributed by atoms with Gasteiger partial charge in [-0.05, 0) is 54.8 Å². The maximum absolute atomic E-state index is 15.3. The summed E-state index contributed by atoms with van der Waals surface area (Å²) in [5.41, 5.74) is 14.6. The largest absolute Gasteiger partial charge is 0.384 e. The van der Waals surface area contributed by atoms with E-state index in [0.29, 0.717) is 40.1 Å². The van der Waals surface area contributed by atoms with Gasteiger partial charge in [-0.2, -0.15) is 0 Å². The fraction of sp³-hybridized carbons (Fsp3) is 0.174. The van der Waals surface area contributed by atoms with Crippen LogP contribution in [-0.4, -0.2) is 29.1 Å². The number of rotatable bonds is 6. The smallest absolute Gasteiger partial charge is 0.232 e. The quantitative estimate of drug-likeness (QED) is 0.389. The molecule has 0 aliphatic heterocycles. The Morgan fingerprint density at radius 3 is 2.55 bits per heavy atom. The van der Waals surface area contributed by atoms with Crippen LogP contribution in [0.5, 0.6) is 0 Å². The molecule has 0 aliphatic carbocycles. The molecular weight excluding hydrogens is 443 g/mol. The van der Waals surface area contributed by atoms with Crippen LogP contribution in [0.25, 0.3) is 33.4 Å². The lowest BCUT2D eigenvalue weighted by Gasteiger charge is -2.13. The molecule has 170 valence electrons. The summed E-state index contributed by atoms with van der Waals surface area (Å²) < 4.78 is 41.8. The maximum Gasteiger partial charge on any atom is 0.232 e. The molecule has 5 N–H and O–H groups in total. The highest BCUT2D eigenvalue weighted by molar-refractivity contribution is 7.92. The first-order chi connectivity index (χ1) is 15.7. The van der Waals surface area contributed by atoms with Crippen molar-refractivity contribution in [3.05, 3.63) is 60.0 Å². The van der Waals surface area contributed by atoms with Crippen LogP contribution in [0.1, 0.15) is 18.9 Å². The van der Waals surface area contributed by atoms with Crippen LogP contribution in [0.2, 0.25) is 0 Å². The van der Waals surface area contributed by atoms with Gasteiger partial charge in [-0.3, -0.25) is 4.72 Å². The molecule has 2 heterocycles. The normalized spacial score (nSPS) is 11.6. The fourth-order valence-electron chi connectivity index (χ4n) is 3.57. The van der Waals surface area contributed by atoms with E-state index in [4.69, 9.17) is 11.5 Å². The number of hydrogen-bond acceptors (Lipinski definition) is 7. The highest BCUT2D eigenvalue weighted by atomic mass is 32.2. The average molecular weight is 467 g/mol. The molecule has 2 aromatic heterocycles. The molecule has 0 aliphatic rings. The van der Waals surface area contributed by atoms with Gasteiger partial charge in [0, 0.05) is 22.7 Å². The molecule has 2 aromatic carbocycles. The van der Waals surface area contributed by atoms with Crippen LogP contribution in [0.3, 0.4) is 0 Å². The number of pyridine rings is 1. The molecule has 0 unspecified atom stereocenters. The molecule has 8 nitrogen and oxygen atoms in total. The lowest BCUT2D eigenvalue weighted by molar-refractivity contribution is 0.597. The van der Waals surface area contributed by atoms with E-state index in [0.717, 1.165) is 5.56 Å². The topological polar surface area (TPSA) is 137 Å². The lowest BCUT2D eigenvalue weighted by atomic mass is 9.99. The van der Waals surface area contributed by atoms with Gasteiger partial charge in [-0.1, -0.05) is 19.1 Å². The summed E-state index contributed by atoms with van der Waals surface area (Å²) >= 11 is 0. The third-order valence-corrected chi connectivity index (χ3v) is 6.59.